The van der Waals surface area contributed by atoms with E-state index in [0.29, 0.717) is 67.5 Å². The first-order chi connectivity index (χ1) is 19.0. The molecule has 1 aromatic carbocycles. The molecular formula is C28H36N6O5. The molecule has 0 unspecified atom stereocenters. The number of ketones is 1. The number of nitrogens with two attached hydrogens (primary N) is 1. The number of urea groups is 1. The highest BCUT2D eigenvalue weighted by Gasteiger charge is 2.40. The SMILES string of the molecule is COC1CCC(C(=O)N2CCC(c3[nH]nc4c3C(=O)c3c-4cccc3N(C(N)=O)N3CCOCC3)CC2)CC1. The van der Waals surface area contributed by atoms with E-state index in [1.807, 2.05) is 22.0 Å². The molecule has 1 aromatic heterocycles. The van der Waals surface area contributed by atoms with E-state index in [9.17, 15) is 14.4 Å². The summed E-state index contributed by atoms with van der Waals surface area (Å²) < 4.78 is 10.9. The van der Waals surface area contributed by atoms with Crippen LogP contribution in [0, 0.1) is 5.92 Å². The summed E-state index contributed by atoms with van der Waals surface area (Å²) >= 11 is 0. The third kappa shape index (κ3) is 4.62. The first kappa shape index (κ1) is 26.0. The van der Waals surface area contributed by atoms with Gasteiger partial charge in [-0.1, -0.05) is 12.1 Å². The summed E-state index contributed by atoms with van der Waals surface area (Å²) in [4.78, 5) is 41.6. The van der Waals surface area contributed by atoms with Crippen LogP contribution in [0.1, 0.15) is 66.1 Å². The quantitative estimate of drug-likeness (QED) is 0.512. The topological polar surface area (TPSA) is 134 Å². The Morgan fingerprint density at radius 2 is 1.77 bits per heavy atom. The lowest BCUT2D eigenvalue weighted by Crippen LogP contribution is -2.54. The van der Waals surface area contributed by atoms with E-state index < -0.39 is 6.03 Å². The number of carbonyl (C=O) groups excluding carboxylic acids is 3. The molecule has 0 bridgehead atoms. The summed E-state index contributed by atoms with van der Waals surface area (Å²) in [5.41, 5.74) is 9.45. The van der Waals surface area contributed by atoms with Crippen LogP contribution in [0.2, 0.25) is 0 Å². The van der Waals surface area contributed by atoms with Gasteiger partial charge in [0.1, 0.15) is 5.69 Å². The van der Waals surface area contributed by atoms with Crippen LogP contribution < -0.4 is 10.7 Å². The number of hydrogen-bond acceptors (Lipinski definition) is 7. The number of nitrogens with zero attached hydrogens (tertiary/aromatic N) is 4. The predicted molar refractivity (Wildman–Crippen MR) is 143 cm³/mol. The molecule has 2 saturated heterocycles. The van der Waals surface area contributed by atoms with E-state index in [1.54, 1.807) is 13.2 Å². The minimum atomic E-state index is -0.642. The second-order valence-electron chi connectivity index (χ2n) is 10.9. The maximum absolute atomic E-state index is 13.9. The molecule has 0 radical (unpaired) electrons. The fraction of sp³-hybridized carbons (Fsp3) is 0.571. The van der Waals surface area contributed by atoms with E-state index in [1.165, 1.54) is 5.01 Å². The molecule has 3 fully saturated rings. The first-order valence-corrected chi connectivity index (χ1v) is 14.0. The average Bonchev–Trinajstić information content (AvgIpc) is 3.53. The minimum Gasteiger partial charge on any atom is -0.381 e. The molecule has 11 nitrogen and oxygen atoms in total. The fourth-order valence-electron chi connectivity index (χ4n) is 6.71. The van der Waals surface area contributed by atoms with Crippen molar-refractivity contribution in [3.8, 4) is 11.3 Å². The lowest BCUT2D eigenvalue weighted by Gasteiger charge is -2.36. The molecule has 208 valence electrons. The Kier molecular flexibility index (Phi) is 7.13. The van der Waals surface area contributed by atoms with Crippen molar-refractivity contribution >= 4 is 23.4 Å². The summed E-state index contributed by atoms with van der Waals surface area (Å²) in [6.45, 7) is 3.30. The Morgan fingerprint density at radius 3 is 2.44 bits per heavy atom. The van der Waals surface area contributed by atoms with E-state index in [4.69, 9.17) is 15.2 Å². The highest BCUT2D eigenvalue weighted by Crippen LogP contribution is 2.44. The van der Waals surface area contributed by atoms with Crippen molar-refractivity contribution in [2.24, 2.45) is 11.7 Å². The van der Waals surface area contributed by atoms with Crippen LogP contribution in [0.3, 0.4) is 0 Å². The van der Waals surface area contributed by atoms with Crippen LogP contribution in [-0.4, -0.2) is 90.4 Å². The number of methoxy groups -OCH3 is 1. The third-order valence-electron chi connectivity index (χ3n) is 8.82. The number of carbonyl (C=O) groups is 3. The second-order valence-corrected chi connectivity index (χ2v) is 10.9. The number of piperidine rings is 1. The molecule has 2 aliphatic heterocycles. The Hall–Kier alpha value is -3.28. The van der Waals surface area contributed by atoms with Gasteiger partial charge >= 0.3 is 6.03 Å². The summed E-state index contributed by atoms with van der Waals surface area (Å²) in [5.74, 6) is 0.286. The van der Waals surface area contributed by atoms with Crippen molar-refractivity contribution < 1.29 is 23.9 Å². The Balaban J connectivity index is 1.19. The van der Waals surface area contributed by atoms with Crippen molar-refractivity contribution in [2.45, 2.75) is 50.5 Å². The van der Waals surface area contributed by atoms with Crippen molar-refractivity contribution in [3.05, 3.63) is 35.0 Å². The first-order valence-electron chi connectivity index (χ1n) is 14.0. The number of amides is 3. The minimum absolute atomic E-state index is 0.0820. The molecule has 39 heavy (non-hydrogen) atoms. The van der Waals surface area contributed by atoms with Gasteiger partial charge in [-0.2, -0.15) is 5.10 Å². The normalized spacial score (nSPS) is 23.9. The molecule has 11 heteroatoms. The van der Waals surface area contributed by atoms with Crippen molar-refractivity contribution in [3.63, 3.8) is 0 Å². The van der Waals surface area contributed by atoms with Crippen LogP contribution in [0.4, 0.5) is 10.5 Å². The molecule has 3 N–H and O–H groups in total. The van der Waals surface area contributed by atoms with Crippen LogP contribution >= 0.6 is 0 Å². The smallest absolute Gasteiger partial charge is 0.334 e. The molecule has 1 saturated carbocycles. The molecule has 6 rings (SSSR count). The molecule has 0 spiro atoms. The molecule has 4 aliphatic rings. The molecule has 2 aliphatic carbocycles. The van der Waals surface area contributed by atoms with Gasteiger partial charge in [-0.15, -0.1) is 0 Å². The Morgan fingerprint density at radius 1 is 1.05 bits per heavy atom. The monoisotopic (exact) mass is 536 g/mol. The number of benzene rings is 1. The van der Waals surface area contributed by atoms with Gasteiger partial charge in [-0.05, 0) is 44.6 Å². The lowest BCUT2D eigenvalue weighted by molar-refractivity contribution is -0.138. The number of hydrogen-bond donors (Lipinski definition) is 2. The lowest BCUT2D eigenvalue weighted by atomic mass is 9.85. The van der Waals surface area contributed by atoms with Gasteiger partial charge in [0.2, 0.25) is 5.91 Å². The molecule has 3 amide bonds. The number of fused-ring (bicyclic) bond motifs is 3. The van der Waals surface area contributed by atoms with Gasteiger partial charge in [-0.25, -0.2) is 14.8 Å². The number of rotatable bonds is 5. The number of nitrogens with one attached hydrogen (secondary N) is 1. The molecule has 0 atom stereocenters. The summed E-state index contributed by atoms with van der Waals surface area (Å²) in [6, 6.07) is 4.81. The summed E-state index contributed by atoms with van der Waals surface area (Å²) in [6.07, 6.45) is 5.45. The number of aromatic nitrogens is 2. The van der Waals surface area contributed by atoms with Crippen molar-refractivity contribution in [1.29, 1.82) is 0 Å². The van der Waals surface area contributed by atoms with Crippen molar-refractivity contribution in [2.75, 3.05) is 51.5 Å². The number of hydrazine groups is 1. The number of morpholine rings is 1. The molecule has 3 heterocycles. The highest BCUT2D eigenvalue weighted by molar-refractivity contribution is 6.25. The zero-order valence-electron chi connectivity index (χ0n) is 22.4. The number of H-pyrrole nitrogens is 1. The van der Waals surface area contributed by atoms with Gasteiger partial charge in [0.15, 0.2) is 5.78 Å². The largest absolute Gasteiger partial charge is 0.381 e. The third-order valence-corrected chi connectivity index (χ3v) is 8.82. The number of anilines is 1. The highest BCUT2D eigenvalue weighted by atomic mass is 16.5. The predicted octanol–water partition coefficient (Wildman–Crippen LogP) is 2.66. The van der Waals surface area contributed by atoms with Gasteiger partial charge in [0.25, 0.3) is 0 Å². The van der Waals surface area contributed by atoms with Gasteiger partial charge in [0.05, 0.1) is 41.8 Å². The summed E-state index contributed by atoms with van der Waals surface area (Å²) in [7, 11) is 1.74. The second kappa shape index (κ2) is 10.7. The van der Waals surface area contributed by atoms with Crippen molar-refractivity contribution in [1.82, 2.24) is 20.1 Å². The van der Waals surface area contributed by atoms with E-state index >= 15 is 0 Å². The average molecular weight is 537 g/mol. The zero-order chi connectivity index (χ0) is 27.1. The zero-order valence-corrected chi connectivity index (χ0v) is 22.4. The van der Waals surface area contributed by atoms with Gasteiger partial charge in [-0.3, -0.25) is 14.7 Å². The summed E-state index contributed by atoms with van der Waals surface area (Å²) in [5, 5.41) is 10.9. The fourth-order valence-corrected chi connectivity index (χ4v) is 6.71. The van der Waals surface area contributed by atoms with Gasteiger partial charge < -0.3 is 20.1 Å². The molecule has 2 aromatic rings. The maximum Gasteiger partial charge on any atom is 0.334 e. The Labute approximate surface area is 227 Å². The van der Waals surface area contributed by atoms with E-state index in [-0.39, 0.29) is 29.6 Å². The Bertz CT molecular complexity index is 1260. The van der Waals surface area contributed by atoms with Crippen LogP contribution in [0.5, 0.6) is 0 Å². The number of primary amides is 1. The van der Waals surface area contributed by atoms with Crippen LogP contribution in [0.15, 0.2) is 18.2 Å². The van der Waals surface area contributed by atoms with Crippen LogP contribution in [-0.2, 0) is 14.3 Å². The standard InChI is InChI=1S/C28H36N6O5/c1-38-19-7-5-18(6-8-19)27(36)32-11-9-17(10-12-32)24-23-25(31-30-24)20-3-2-4-21(22(20)26(23)35)34(28(29)37)33-13-15-39-16-14-33/h2-4,17-19H,5-16H2,1H3,(H2,29,37)(H,30,31). The van der Waals surface area contributed by atoms with Crippen LogP contribution in [0.25, 0.3) is 11.3 Å². The van der Waals surface area contributed by atoms with Gasteiger partial charge in [0, 0.05) is 50.7 Å². The number of likely N-dealkylation sites (tertiary alicyclic amines) is 1. The number of aromatic amines is 1. The molecular weight excluding hydrogens is 500 g/mol. The van der Waals surface area contributed by atoms with E-state index in [2.05, 4.69) is 10.2 Å². The van der Waals surface area contributed by atoms with E-state index in [0.717, 1.165) is 44.2 Å². The number of ether oxygens (including phenoxy) is 2. The maximum atomic E-state index is 13.9.